The molecule has 0 aromatic heterocycles. The number of nitrogens with one attached hydrogen (secondary N) is 1. The van der Waals surface area contributed by atoms with Crippen molar-refractivity contribution in [1.82, 2.24) is 5.48 Å². The summed E-state index contributed by atoms with van der Waals surface area (Å²) in [5, 5.41) is 28.9. The molecule has 0 amide bonds. The lowest BCUT2D eigenvalue weighted by Gasteiger charge is -2.30. The van der Waals surface area contributed by atoms with E-state index in [1.807, 2.05) is 0 Å². The minimum absolute atomic E-state index is 0.0493. The molecule has 1 saturated carbocycles. The van der Waals surface area contributed by atoms with Gasteiger partial charge < -0.3 is 15.3 Å². The van der Waals surface area contributed by atoms with Crippen molar-refractivity contribution in [2.75, 3.05) is 6.61 Å². The van der Waals surface area contributed by atoms with E-state index in [2.05, 4.69) is 24.2 Å². The average Bonchev–Trinajstić information content (AvgIpc) is 2.86. The highest BCUT2D eigenvalue weighted by Crippen LogP contribution is 2.48. The number of rotatable bonds is 12. The molecule has 0 aromatic carbocycles. The van der Waals surface area contributed by atoms with Gasteiger partial charge in [-0.25, -0.2) is 0 Å². The summed E-state index contributed by atoms with van der Waals surface area (Å²) in [7, 11) is 0. The van der Waals surface area contributed by atoms with E-state index in [-0.39, 0.29) is 24.9 Å². The Kier molecular flexibility index (Phi) is 9.12. The maximum absolute atomic E-state index is 10.5. The molecule has 0 bridgehead atoms. The number of allylic oxidation sites excluding steroid dienone is 1. The Morgan fingerprint density at radius 2 is 2.00 bits per heavy atom. The predicted molar refractivity (Wildman–Crippen MR) is 102 cm³/mol. The van der Waals surface area contributed by atoms with Crippen LogP contribution < -0.4 is 5.48 Å². The third kappa shape index (κ3) is 6.84. The van der Waals surface area contributed by atoms with Crippen molar-refractivity contribution in [3.63, 3.8) is 0 Å². The topological polar surface area (TPSA) is 99.0 Å². The summed E-state index contributed by atoms with van der Waals surface area (Å²) >= 11 is 0. The first-order valence-corrected chi connectivity index (χ1v) is 10.2. The molecule has 0 spiro atoms. The number of aliphatic carboxylic acids is 1. The van der Waals surface area contributed by atoms with Gasteiger partial charge in [-0.15, -0.1) is 0 Å². The van der Waals surface area contributed by atoms with Gasteiger partial charge in [0, 0.05) is 11.6 Å². The SMILES string of the molecule is CCCCCCCCC(O)C#CC1C(O)CC2=C(NOCCC(=O)O)CC21. The van der Waals surface area contributed by atoms with Gasteiger partial charge in [-0.2, -0.15) is 0 Å². The molecule has 2 aliphatic rings. The molecule has 0 aliphatic heterocycles. The number of hydroxylamine groups is 1. The van der Waals surface area contributed by atoms with Gasteiger partial charge >= 0.3 is 5.97 Å². The van der Waals surface area contributed by atoms with Crippen LogP contribution in [0.15, 0.2) is 11.3 Å². The lowest BCUT2D eigenvalue weighted by Crippen LogP contribution is -2.30. The second kappa shape index (κ2) is 11.3. The largest absolute Gasteiger partial charge is 0.481 e. The Morgan fingerprint density at radius 1 is 1.26 bits per heavy atom. The van der Waals surface area contributed by atoms with E-state index in [1.54, 1.807) is 0 Å². The van der Waals surface area contributed by atoms with Crippen molar-refractivity contribution < 1.29 is 25.0 Å². The van der Waals surface area contributed by atoms with Crippen molar-refractivity contribution in [2.45, 2.75) is 83.3 Å². The van der Waals surface area contributed by atoms with E-state index in [1.165, 1.54) is 25.7 Å². The highest BCUT2D eigenvalue weighted by Gasteiger charge is 2.45. The van der Waals surface area contributed by atoms with Gasteiger partial charge in [0.1, 0.15) is 6.10 Å². The van der Waals surface area contributed by atoms with Gasteiger partial charge in [0.05, 0.1) is 25.0 Å². The average molecular weight is 379 g/mol. The zero-order chi connectivity index (χ0) is 19.6. The molecule has 0 saturated heterocycles. The van der Waals surface area contributed by atoms with Crippen molar-refractivity contribution >= 4 is 5.97 Å². The van der Waals surface area contributed by atoms with Crippen LogP contribution in [-0.4, -0.2) is 40.1 Å². The fraction of sp³-hybridized carbons (Fsp3) is 0.762. The number of hydrogen-bond donors (Lipinski definition) is 4. The molecular weight excluding hydrogens is 346 g/mol. The van der Waals surface area contributed by atoms with Gasteiger partial charge in [0.2, 0.25) is 0 Å². The summed E-state index contributed by atoms with van der Waals surface area (Å²) in [4.78, 5) is 15.6. The van der Waals surface area contributed by atoms with Gasteiger partial charge in [0.15, 0.2) is 0 Å². The number of aliphatic hydroxyl groups excluding tert-OH is 2. The predicted octanol–water partition coefficient (Wildman–Crippen LogP) is 2.75. The molecule has 0 heterocycles. The highest BCUT2D eigenvalue weighted by molar-refractivity contribution is 5.66. The zero-order valence-corrected chi connectivity index (χ0v) is 16.2. The van der Waals surface area contributed by atoms with Crippen LogP contribution in [0.3, 0.4) is 0 Å². The number of carboxylic acid groups (broad SMARTS) is 1. The van der Waals surface area contributed by atoms with E-state index in [0.717, 1.165) is 30.5 Å². The summed E-state index contributed by atoms with van der Waals surface area (Å²) in [6, 6.07) is 0. The molecule has 6 nitrogen and oxygen atoms in total. The second-order valence-corrected chi connectivity index (χ2v) is 7.57. The van der Waals surface area contributed by atoms with E-state index >= 15 is 0 Å². The van der Waals surface area contributed by atoms with Crippen LogP contribution in [0, 0.1) is 23.7 Å². The highest BCUT2D eigenvalue weighted by atomic mass is 16.6. The Bertz CT molecular complexity index is 577. The Hall–Kier alpha value is -1.55. The standard InChI is InChI=1S/C21H33NO5/c1-2-3-4-5-6-7-8-15(23)9-10-16-17-13-19(18(17)14-20(16)24)22-27-12-11-21(25)26/h15-17,20,22-24H,2-8,11-14H2,1H3,(H,25,26). The van der Waals surface area contributed by atoms with Gasteiger partial charge in [0.25, 0.3) is 0 Å². The first-order chi connectivity index (χ1) is 13.0. The van der Waals surface area contributed by atoms with E-state index in [0.29, 0.717) is 12.8 Å². The maximum atomic E-state index is 10.5. The fourth-order valence-corrected chi connectivity index (χ4v) is 3.77. The molecule has 0 radical (unpaired) electrons. The van der Waals surface area contributed by atoms with Crippen molar-refractivity contribution in [1.29, 1.82) is 0 Å². The third-order valence-electron chi connectivity index (χ3n) is 5.40. The first kappa shape index (κ1) is 21.7. The van der Waals surface area contributed by atoms with Crippen LogP contribution >= 0.6 is 0 Å². The lowest BCUT2D eigenvalue weighted by atomic mass is 9.79. The van der Waals surface area contributed by atoms with Crippen molar-refractivity contribution in [3.8, 4) is 11.8 Å². The molecule has 4 N–H and O–H groups in total. The number of carbonyl (C=O) groups is 1. The minimum Gasteiger partial charge on any atom is -0.481 e. The molecule has 6 heteroatoms. The third-order valence-corrected chi connectivity index (χ3v) is 5.40. The normalized spacial score (nSPS) is 24.6. The molecule has 152 valence electrons. The molecule has 2 rings (SSSR count). The summed E-state index contributed by atoms with van der Waals surface area (Å²) in [5.41, 5.74) is 4.85. The van der Waals surface area contributed by atoms with Crippen LogP contribution in [0.25, 0.3) is 0 Å². The lowest BCUT2D eigenvalue weighted by molar-refractivity contribution is -0.138. The quantitative estimate of drug-likeness (QED) is 0.236. The van der Waals surface area contributed by atoms with Gasteiger partial charge in [-0.3, -0.25) is 15.1 Å². The van der Waals surface area contributed by atoms with Crippen LogP contribution in [0.1, 0.15) is 71.1 Å². The number of carboxylic acids is 1. The van der Waals surface area contributed by atoms with Crippen molar-refractivity contribution in [2.24, 2.45) is 11.8 Å². The van der Waals surface area contributed by atoms with Crippen LogP contribution in [0.5, 0.6) is 0 Å². The summed E-state index contributed by atoms with van der Waals surface area (Å²) < 4.78 is 0. The maximum Gasteiger partial charge on any atom is 0.305 e. The van der Waals surface area contributed by atoms with Crippen LogP contribution in [0.4, 0.5) is 0 Å². The number of aliphatic hydroxyl groups is 2. The smallest absolute Gasteiger partial charge is 0.305 e. The number of hydrogen-bond acceptors (Lipinski definition) is 5. The minimum atomic E-state index is -0.896. The van der Waals surface area contributed by atoms with Gasteiger partial charge in [-0.05, 0) is 31.3 Å². The second-order valence-electron chi connectivity index (χ2n) is 7.57. The molecule has 1 fully saturated rings. The molecule has 4 unspecified atom stereocenters. The number of unbranched alkanes of at least 4 members (excludes halogenated alkanes) is 5. The Balaban J connectivity index is 1.71. The van der Waals surface area contributed by atoms with Crippen LogP contribution in [-0.2, 0) is 9.63 Å². The monoisotopic (exact) mass is 379 g/mol. The molecule has 2 aliphatic carbocycles. The zero-order valence-electron chi connectivity index (χ0n) is 16.2. The van der Waals surface area contributed by atoms with Crippen LogP contribution in [0.2, 0.25) is 0 Å². The van der Waals surface area contributed by atoms with Gasteiger partial charge in [-0.1, -0.05) is 50.9 Å². The molecule has 4 atom stereocenters. The Labute approximate surface area is 161 Å². The van der Waals surface area contributed by atoms with E-state index < -0.39 is 18.2 Å². The van der Waals surface area contributed by atoms with Crippen molar-refractivity contribution in [3.05, 3.63) is 11.3 Å². The summed E-state index contributed by atoms with van der Waals surface area (Å²) in [6.45, 7) is 2.30. The molecule has 0 aromatic rings. The molecule has 27 heavy (non-hydrogen) atoms. The fourth-order valence-electron chi connectivity index (χ4n) is 3.77. The number of fused-ring (bicyclic) bond motifs is 1. The van der Waals surface area contributed by atoms with E-state index in [4.69, 9.17) is 9.94 Å². The van der Waals surface area contributed by atoms with E-state index in [9.17, 15) is 15.0 Å². The first-order valence-electron chi connectivity index (χ1n) is 10.2. The summed E-state index contributed by atoms with van der Waals surface area (Å²) in [6.07, 6.45) is 7.93. The molecular formula is C21H33NO5. The Morgan fingerprint density at radius 3 is 2.74 bits per heavy atom. The summed E-state index contributed by atoms with van der Waals surface area (Å²) in [5.74, 6) is 5.20.